The minimum absolute atomic E-state index is 0.192. The van der Waals surface area contributed by atoms with Crippen molar-refractivity contribution >= 4 is 17.3 Å². The molecule has 4 heteroatoms. The van der Waals surface area contributed by atoms with Gasteiger partial charge in [-0.1, -0.05) is 23.7 Å². The molecule has 0 aliphatic heterocycles. The fourth-order valence-electron chi connectivity index (χ4n) is 1.67. The van der Waals surface area contributed by atoms with E-state index in [-0.39, 0.29) is 6.04 Å². The molecule has 1 aromatic carbocycles. The third kappa shape index (κ3) is 3.14. The van der Waals surface area contributed by atoms with Crippen molar-refractivity contribution in [1.29, 1.82) is 0 Å². The predicted octanol–water partition coefficient (Wildman–Crippen LogP) is 3.92. The molecule has 0 spiro atoms. The first-order valence-electron chi connectivity index (χ1n) is 5.71. The molecule has 1 N–H and O–H groups in total. The lowest BCUT2D eigenvalue weighted by Crippen LogP contribution is -2.06. The van der Waals surface area contributed by atoms with Crippen LogP contribution >= 0.6 is 11.6 Å². The molecule has 0 amide bonds. The number of rotatable bonds is 4. The Hall–Kier alpha value is -1.74. The van der Waals surface area contributed by atoms with Crippen molar-refractivity contribution in [3.63, 3.8) is 0 Å². The molecular formula is C14H15ClN2O. The molecule has 1 aromatic heterocycles. The fraction of sp³-hybridized carbons (Fsp3) is 0.214. The average molecular weight is 263 g/mol. The zero-order chi connectivity index (χ0) is 13.0. The summed E-state index contributed by atoms with van der Waals surface area (Å²) >= 11 is 5.87. The maximum Gasteiger partial charge on any atom is 0.213 e. The molecule has 0 aliphatic carbocycles. The highest BCUT2D eigenvalue weighted by molar-refractivity contribution is 6.30. The highest BCUT2D eigenvalue weighted by Crippen LogP contribution is 2.21. The molecule has 2 rings (SSSR count). The number of pyridine rings is 1. The normalized spacial score (nSPS) is 11.9. The lowest BCUT2D eigenvalue weighted by atomic mass is 10.1. The number of methoxy groups -OCH3 is 1. The Balaban J connectivity index is 2.05. The van der Waals surface area contributed by atoms with Crippen LogP contribution in [0.15, 0.2) is 42.6 Å². The Bertz CT molecular complexity index is 496. The molecule has 0 aliphatic rings. The quantitative estimate of drug-likeness (QED) is 0.907. The SMILES string of the molecule is COc1ccc(NC(C)c2ccc(Cl)cc2)cn1. The summed E-state index contributed by atoms with van der Waals surface area (Å²) < 4.78 is 5.02. The summed E-state index contributed by atoms with van der Waals surface area (Å²) in [6, 6.07) is 11.8. The Morgan fingerprint density at radius 3 is 2.44 bits per heavy atom. The van der Waals surface area contributed by atoms with Crippen molar-refractivity contribution in [2.75, 3.05) is 12.4 Å². The molecule has 18 heavy (non-hydrogen) atoms. The number of ether oxygens (including phenoxy) is 1. The Morgan fingerprint density at radius 1 is 1.17 bits per heavy atom. The van der Waals surface area contributed by atoms with Crippen molar-refractivity contribution in [1.82, 2.24) is 4.98 Å². The van der Waals surface area contributed by atoms with Gasteiger partial charge in [-0.25, -0.2) is 4.98 Å². The van der Waals surface area contributed by atoms with Crippen LogP contribution in [0.5, 0.6) is 5.88 Å². The van der Waals surface area contributed by atoms with Crippen LogP contribution in [-0.4, -0.2) is 12.1 Å². The van der Waals surface area contributed by atoms with Crippen LogP contribution in [0.3, 0.4) is 0 Å². The maximum atomic E-state index is 5.87. The zero-order valence-electron chi connectivity index (χ0n) is 10.4. The summed E-state index contributed by atoms with van der Waals surface area (Å²) in [5.41, 5.74) is 2.13. The van der Waals surface area contributed by atoms with Crippen molar-refractivity contribution in [2.45, 2.75) is 13.0 Å². The van der Waals surface area contributed by atoms with Gasteiger partial charge in [0.1, 0.15) is 0 Å². The number of hydrogen-bond acceptors (Lipinski definition) is 3. The molecule has 0 saturated carbocycles. The number of benzene rings is 1. The molecule has 1 atom stereocenters. The number of hydrogen-bond donors (Lipinski definition) is 1. The molecule has 3 nitrogen and oxygen atoms in total. The third-order valence-corrected chi connectivity index (χ3v) is 2.95. The predicted molar refractivity (Wildman–Crippen MR) is 74.3 cm³/mol. The van der Waals surface area contributed by atoms with Gasteiger partial charge in [0, 0.05) is 17.1 Å². The highest BCUT2D eigenvalue weighted by Gasteiger charge is 2.05. The molecule has 0 bridgehead atoms. The molecule has 1 heterocycles. The second-order valence-corrected chi connectivity index (χ2v) is 4.44. The largest absolute Gasteiger partial charge is 0.481 e. The minimum Gasteiger partial charge on any atom is -0.481 e. The lowest BCUT2D eigenvalue weighted by molar-refractivity contribution is 0.398. The van der Waals surface area contributed by atoms with E-state index in [2.05, 4.69) is 17.2 Å². The van der Waals surface area contributed by atoms with Crippen LogP contribution in [0.1, 0.15) is 18.5 Å². The fourth-order valence-corrected chi connectivity index (χ4v) is 1.80. The first-order chi connectivity index (χ1) is 8.69. The van der Waals surface area contributed by atoms with E-state index in [0.717, 1.165) is 10.7 Å². The van der Waals surface area contributed by atoms with Gasteiger partial charge in [-0.3, -0.25) is 0 Å². The van der Waals surface area contributed by atoms with Gasteiger partial charge in [0.15, 0.2) is 0 Å². The van der Waals surface area contributed by atoms with Crippen LogP contribution in [0.2, 0.25) is 5.02 Å². The van der Waals surface area contributed by atoms with Gasteiger partial charge in [-0.05, 0) is 30.7 Å². The van der Waals surface area contributed by atoms with Gasteiger partial charge in [0.25, 0.3) is 0 Å². The summed E-state index contributed by atoms with van der Waals surface area (Å²) in [4.78, 5) is 4.15. The third-order valence-electron chi connectivity index (χ3n) is 2.70. The van der Waals surface area contributed by atoms with Crippen LogP contribution in [0, 0.1) is 0 Å². The van der Waals surface area contributed by atoms with Gasteiger partial charge in [-0.2, -0.15) is 0 Å². The second kappa shape index (κ2) is 5.74. The molecule has 94 valence electrons. The van der Waals surface area contributed by atoms with Gasteiger partial charge in [0.2, 0.25) is 5.88 Å². The lowest BCUT2D eigenvalue weighted by Gasteiger charge is -2.15. The first kappa shape index (κ1) is 12.7. The molecule has 0 saturated heterocycles. The molecule has 2 aromatic rings. The Morgan fingerprint density at radius 2 is 1.89 bits per heavy atom. The Labute approximate surface area is 112 Å². The number of nitrogens with zero attached hydrogens (tertiary/aromatic N) is 1. The van der Waals surface area contributed by atoms with E-state index < -0.39 is 0 Å². The minimum atomic E-state index is 0.192. The summed E-state index contributed by atoms with van der Waals surface area (Å²) in [6.07, 6.45) is 1.76. The maximum absolute atomic E-state index is 5.87. The van der Waals surface area contributed by atoms with Crippen molar-refractivity contribution < 1.29 is 4.74 Å². The van der Waals surface area contributed by atoms with Crippen LogP contribution in [0.4, 0.5) is 5.69 Å². The van der Waals surface area contributed by atoms with Gasteiger partial charge >= 0.3 is 0 Å². The molecule has 0 fully saturated rings. The molecule has 1 unspecified atom stereocenters. The standard InChI is InChI=1S/C14H15ClN2O/c1-10(11-3-5-12(15)6-4-11)17-13-7-8-14(18-2)16-9-13/h3-10,17H,1-2H3. The Kier molecular flexibility index (Phi) is 4.05. The second-order valence-electron chi connectivity index (χ2n) is 4.01. The smallest absolute Gasteiger partial charge is 0.213 e. The van der Waals surface area contributed by atoms with Crippen molar-refractivity contribution in [3.8, 4) is 5.88 Å². The average Bonchev–Trinajstić information content (AvgIpc) is 2.40. The van der Waals surface area contributed by atoms with Gasteiger partial charge in [0.05, 0.1) is 19.0 Å². The van der Waals surface area contributed by atoms with E-state index in [1.807, 2.05) is 36.4 Å². The highest BCUT2D eigenvalue weighted by atomic mass is 35.5. The number of aromatic nitrogens is 1. The zero-order valence-corrected chi connectivity index (χ0v) is 11.1. The first-order valence-corrected chi connectivity index (χ1v) is 6.09. The van der Waals surface area contributed by atoms with E-state index in [1.165, 1.54) is 5.56 Å². The number of halogens is 1. The van der Waals surface area contributed by atoms with E-state index in [0.29, 0.717) is 5.88 Å². The van der Waals surface area contributed by atoms with Crippen LogP contribution in [-0.2, 0) is 0 Å². The molecular weight excluding hydrogens is 248 g/mol. The van der Waals surface area contributed by atoms with E-state index in [9.17, 15) is 0 Å². The van der Waals surface area contributed by atoms with Crippen LogP contribution in [0.25, 0.3) is 0 Å². The topological polar surface area (TPSA) is 34.1 Å². The van der Waals surface area contributed by atoms with Crippen molar-refractivity contribution in [2.24, 2.45) is 0 Å². The summed E-state index contributed by atoms with van der Waals surface area (Å²) in [6.45, 7) is 2.09. The number of anilines is 1. The van der Waals surface area contributed by atoms with E-state index >= 15 is 0 Å². The van der Waals surface area contributed by atoms with Gasteiger partial charge < -0.3 is 10.1 Å². The summed E-state index contributed by atoms with van der Waals surface area (Å²) in [7, 11) is 1.60. The monoisotopic (exact) mass is 262 g/mol. The van der Waals surface area contributed by atoms with E-state index in [4.69, 9.17) is 16.3 Å². The number of nitrogens with one attached hydrogen (secondary N) is 1. The van der Waals surface area contributed by atoms with Crippen LogP contribution < -0.4 is 10.1 Å². The van der Waals surface area contributed by atoms with Crippen molar-refractivity contribution in [3.05, 3.63) is 53.2 Å². The van der Waals surface area contributed by atoms with Gasteiger partial charge in [-0.15, -0.1) is 0 Å². The summed E-state index contributed by atoms with van der Waals surface area (Å²) in [5, 5.41) is 4.12. The molecule has 0 radical (unpaired) electrons. The summed E-state index contributed by atoms with van der Waals surface area (Å²) in [5.74, 6) is 0.611. The van der Waals surface area contributed by atoms with E-state index in [1.54, 1.807) is 13.3 Å².